The largest absolute Gasteiger partial charge is 0.379 e. The normalized spacial score (nSPS) is 10.5. The molecule has 4 N–H and O–H groups in total. The lowest BCUT2D eigenvalue weighted by atomic mass is 10.1. The van der Waals surface area contributed by atoms with Crippen LogP contribution in [0, 0.1) is 19.7 Å². The fourth-order valence-corrected chi connectivity index (χ4v) is 1.76. The van der Waals surface area contributed by atoms with Gasteiger partial charge in [0.2, 0.25) is 5.91 Å². The molecule has 0 aliphatic rings. The first-order valence-electron chi connectivity index (χ1n) is 5.81. The maximum Gasteiger partial charge on any atom is 0.248 e. The van der Waals surface area contributed by atoms with Gasteiger partial charge in [0.05, 0.1) is 18.4 Å². The van der Waals surface area contributed by atoms with Crippen molar-refractivity contribution in [2.45, 2.75) is 20.4 Å². The summed E-state index contributed by atoms with van der Waals surface area (Å²) in [5, 5.41) is 3.06. The third kappa shape index (κ3) is 2.90. The molecule has 5 nitrogen and oxygen atoms in total. The third-order valence-electron chi connectivity index (χ3n) is 2.85. The summed E-state index contributed by atoms with van der Waals surface area (Å²) in [6, 6.07) is 2.69. The van der Waals surface area contributed by atoms with Crippen LogP contribution in [0.15, 0.2) is 18.3 Å². The highest BCUT2D eigenvalue weighted by Gasteiger charge is 2.10. The molecule has 1 heterocycles. The third-order valence-corrected chi connectivity index (χ3v) is 2.85. The standard InChI is InChI=1S/C13H15FN4O/c1-7-11(14)3-9(13(15)19)4-12(7)17-6-10-5-16-8(2)18-10/h3-5,17H,6H2,1-2H3,(H2,15,19)(H,16,18). The van der Waals surface area contributed by atoms with E-state index in [0.29, 0.717) is 17.8 Å². The van der Waals surface area contributed by atoms with Crippen molar-refractivity contribution in [2.75, 3.05) is 5.32 Å². The van der Waals surface area contributed by atoms with Crippen LogP contribution in [-0.4, -0.2) is 15.9 Å². The Morgan fingerprint density at radius 1 is 1.47 bits per heavy atom. The Kier molecular flexibility index (Phi) is 3.50. The number of anilines is 1. The van der Waals surface area contributed by atoms with Crippen molar-refractivity contribution in [2.24, 2.45) is 5.73 Å². The lowest BCUT2D eigenvalue weighted by Crippen LogP contribution is -2.13. The minimum atomic E-state index is -0.653. The fourth-order valence-electron chi connectivity index (χ4n) is 1.76. The molecule has 1 aromatic heterocycles. The fraction of sp³-hybridized carbons (Fsp3) is 0.231. The molecule has 0 spiro atoms. The number of aromatic amines is 1. The number of aryl methyl sites for hydroxylation is 1. The van der Waals surface area contributed by atoms with Gasteiger partial charge in [-0.25, -0.2) is 9.37 Å². The van der Waals surface area contributed by atoms with Gasteiger partial charge < -0.3 is 16.0 Å². The van der Waals surface area contributed by atoms with Crippen molar-refractivity contribution in [3.8, 4) is 0 Å². The molecular weight excluding hydrogens is 247 g/mol. The summed E-state index contributed by atoms with van der Waals surface area (Å²) < 4.78 is 13.7. The average molecular weight is 262 g/mol. The maximum absolute atomic E-state index is 13.7. The second kappa shape index (κ2) is 5.09. The summed E-state index contributed by atoms with van der Waals surface area (Å²) in [5.41, 5.74) is 7.17. The minimum absolute atomic E-state index is 0.145. The Balaban J connectivity index is 2.21. The Morgan fingerprint density at radius 2 is 2.21 bits per heavy atom. The Bertz CT molecular complexity index is 621. The van der Waals surface area contributed by atoms with E-state index >= 15 is 0 Å². The number of H-pyrrole nitrogens is 1. The van der Waals surface area contributed by atoms with E-state index in [2.05, 4.69) is 15.3 Å². The van der Waals surface area contributed by atoms with Crippen molar-refractivity contribution < 1.29 is 9.18 Å². The highest BCUT2D eigenvalue weighted by Crippen LogP contribution is 2.21. The highest BCUT2D eigenvalue weighted by atomic mass is 19.1. The van der Waals surface area contributed by atoms with E-state index in [1.54, 1.807) is 19.2 Å². The number of primary amides is 1. The predicted molar refractivity (Wildman–Crippen MR) is 70.3 cm³/mol. The summed E-state index contributed by atoms with van der Waals surface area (Å²) in [5.74, 6) is -0.301. The summed E-state index contributed by atoms with van der Waals surface area (Å²) in [4.78, 5) is 18.2. The minimum Gasteiger partial charge on any atom is -0.379 e. The zero-order chi connectivity index (χ0) is 14.0. The average Bonchev–Trinajstić information content (AvgIpc) is 2.76. The monoisotopic (exact) mass is 262 g/mol. The van der Waals surface area contributed by atoms with E-state index in [1.807, 2.05) is 6.92 Å². The number of carbonyl (C=O) groups excluding carboxylic acids is 1. The van der Waals surface area contributed by atoms with Crippen LogP contribution in [0.4, 0.5) is 10.1 Å². The molecule has 2 rings (SSSR count). The molecule has 0 fully saturated rings. The van der Waals surface area contributed by atoms with Crippen LogP contribution < -0.4 is 11.1 Å². The maximum atomic E-state index is 13.7. The van der Waals surface area contributed by atoms with Crippen molar-refractivity contribution >= 4 is 11.6 Å². The topological polar surface area (TPSA) is 83.8 Å². The van der Waals surface area contributed by atoms with Gasteiger partial charge >= 0.3 is 0 Å². The second-order valence-electron chi connectivity index (χ2n) is 4.34. The zero-order valence-corrected chi connectivity index (χ0v) is 10.7. The molecule has 1 aromatic carbocycles. The number of benzene rings is 1. The number of imidazole rings is 1. The van der Waals surface area contributed by atoms with Crippen LogP contribution in [-0.2, 0) is 6.54 Å². The molecule has 0 aliphatic carbocycles. The van der Waals surface area contributed by atoms with E-state index in [-0.39, 0.29) is 5.56 Å². The van der Waals surface area contributed by atoms with Gasteiger partial charge in [-0.3, -0.25) is 4.79 Å². The zero-order valence-electron chi connectivity index (χ0n) is 10.7. The van der Waals surface area contributed by atoms with Crippen LogP contribution in [0.5, 0.6) is 0 Å². The summed E-state index contributed by atoms with van der Waals surface area (Å²) in [6.07, 6.45) is 1.70. The van der Waals surface area contributed by atoms with Gasteiger partial charge in [-0.15, -0.1) is 0 Å². The number of hydrogen-bond acceptors (Lipinski definition) is 3. The molecule has 0 atom stereocenters. The molecule has 0 saturated carbocycles. The summed E-state index contributed by atoms with van der Waals surface area (Å²) in [7, 11) is 0. The van der Waals surface area contributed by atoms with Crippen molar-refractivity contribution in [3.63, 3.8) is 0 Å². The number of nitrogens with zero attached hydrogens (tertiary/aromatic N) is 1. The molecular formula is C13H15FN4O. The molecule has 0 saturated heterocycles. The van der Waals surface area contributed by atoms with E-state index in [9.17, 15) is 9.18 Å². The van der Waals surface area contributed by atoms with Crippen LogP contribution in [0.2, 0.25) is 0 Å². The molecule has 2 aromatic rings. The Hall–Kier alpha value is -2.37. The van der Waals surface area contributed by atoms with Gasteiger partial charge in [-0.1, -0.05) is 0 Å². The molecule has 0 bridgehead atoms. The number of aromatic nitrogens is 2. The predicted octanol–water partition coefficient (Wildman–Crippen LogP) is 1.88. The Morgan fingerprint density at radius 3 is 2.79 bits per heavy atom. The Labute approximate surface area is 110 Å². The molecule has 0 radical (unpaired) electrons. The number of rotatable bonds is 4. The van der Waals surface area contributed by atoms with E-state index in [1.165, 1.54) is 0 Å². The van der Waals surface area contributed by atoms with Crippen LogP contribution >= 0.6 is 0 Å². The van der Waals surface area contributed by atoms with E-state index in [0.717, 1.165) is 17.6 Å². The lowest BCUT2D eigenvalue weighted by Gasteiger charge is -2.11. The van der Waals surface area contributed by atoms with Crippen molar-refractivity contribution in [1.82, 2.24) is 9.97 Å². The quantitative estimate of drug-likeness (QED) is 0.786. The number of carbonyl (C=O) groups is 1. The number of nitrogens with two attached hydrogens (primary N) is 1. The number of amides is 1. The lowest BCUT2D eigenvalue weighted by molar-refractivity contribution is 0.1000. The van der Waals surface area contributed by atoms with Crippen LogP contribution in [0.1, 0.15) is 27.4 Å². The summed E-state index contributed by atoms with van der Waals surface area (Å²) in [6.45, 7) is 3.95. The van der Waals surface area contributed by atoms with Crippen molar-refractivity contribution in [3.05, 3.63) is 46.8 Å². The molecule has 0 aliphatic heterocycles. The van der Waals surface area contributed by atoms with E-state index in [4.69, 9.17) is 5.73 Å². The highest BCUT2D eigenvalue weighted by molar-refractivity contribution is 5.94. The van der Waals surface area contributed by atoms with Gasteiger partial charge in [0.25, 0.3) is 0 Å². The second-order valence-corrected chi connectivity index (χ2v) is 4.34. The first-order valence-corrected chi connectivity index (χ1v) is 5.81. The van der Waals surface area contributed by atoms with Crippen molar-refractivity contribution in [1.29, 1.82) is 0 Å². The first kappa shape index (κ1) is 13.1. The molecule has 19 heavy (non-hydrogen) atoms. The smallest absolute Gasteiger partial charge is 0.248 e. The van der Waals surface area contributed by atoms with Gasteiger partial charge in [-0.05, 0) is 26.0 Å². The molecule has 0 unspecified atom stereocenters. The number of halogens is 1. The van der Waals surface area contributed by atoms with E-state index < -0.39 is 11.7 Å². The van der Waals surface area contributed by atoms with Crippen LogP contribution in [0.25, 0.3) is 0 Å². The van der Waals surface area contributed by atoms with Gasteiger partial charge in [0.15, 0.2) is 0 Å². The van der Waals surface area contributed by atoms with Gasteiger partial charge in [-0.2, -0.15) is 0 Å². The first-order chi connectivity index (χ1) is 8.97. The number of hydrogen-bond donors (Lipinski definition) is 3. The summed E-state index contributed by atoms with van der Waals surface area (Å²) >= 11 is 0. The molecule has 6 heteroatoms. The number of nitrogens with one attached hydrogen (secondary N) is 2. The molecule has 1 amide bonds. The van der Waals surface area contributed by atoms with Crippen LogP contribution in [0.3, 0.4) is 0 Å². The van der Waals surface area contributed by atoms with Gasteiger partial charge in [0, 0.05) is 16.8 Å². The SMILES string of the molecule is Cc1ncc(CNc2cc(C(N)=O)cc(F)c2C)[nH]1. The molecule has 100 valence electrons. The van der Waals surface area contributed by atoms with Gasteiger partial charge in [0.1, 0.15) is 11.6 Å².